The van der Waals surface area contributed by atoms with Crippen molar-refractivity contribution in [2.24, 2.45) is 7.05 Å². The minimum atomic E-state index is 0.495. The van der Waals surface area contributed by atoms with Crippen LogP contribution in [0.5, 0.6) is 0 Å². The number of benzene rings is 2. The average Bonchev–Trinajstić information content (AvgIpc) is 3.02. The van der Waals surface area contributed by atoms with Crippen molar-refractivity contribution in [2.45, 2.75) is 0 Å². The van der Waals surface area contributed by atoms with Crippen molar-refractivity contribution < 1.29 is 4.42 Å². The van der Waals surface area contributed by atoms with Gasteiger partial charge in [0.1, 0.15) is 5.52 Å². The van der Waals surface area contributed by atoms with Crippen molar-refractivity contribution in [3.05, 3.63) is 42.5 Å². The van der Waals surface area contributed by atoms with Crippen molar-refractivity contribution in [3.63, 3.8) is 0 Å². The number of hydrogen-bond donors (Lipinski definition) is 1. The van der Waals surface area contributed by atoms with Gasteiger partial charge in [-0.05, 0) is 18.2 Å². The summed E-state index contributed by atoms with van der Waals surface area (Å²) in [6.07, 6.45) is 0. The molecule has 2 N–H and O–H groups in total. The second-order valence-electron chi connectivity index (χ2n) is 4.70. The van der Waals surface area contributed by atoms with E-state index in [9.17, 15) is 0 Å². The van der Waals surface area contributed by atoms with Crippen molar-refractivity contribution in [3.8, 4) is 11.6 Å². The minimum absolute atomic E-state index is 0.495. The number of aromatic nitrogens is 3. The Bertz CT molecular complexity index is 936. The standard InChI is InChI=1S/C15H12N4O/c1-19-11-7-3-2-5-9(11)13(18-19)15-17-14-10(16)6-4-8-12(14)20-15/h2-8H,16H2,1H3. The molecule has 2 aromatic carbocycles. The van der Waals surface area contributed by atoms with Gasteiger partial charge in [-0.2, -0.15) is 5.10 Å². The second-order valence-corrected chi connectivity index (χ2v) is 4.70. The van der Waals surface area contributed by atoms with Crippen LogP contribution in [0.1, 0.15) is 0 Å². The van der Waals surface area contributed by atoms with Gasteiger partial charge < -0.3 is 10.2 Å². The average molecular weight is 264 g/mol. The van der Waals surface area contributed by atoms with Gasteiger partial charge in [-0.1, -0.05) is 24.3 Å². The smallest absolute Gasteiger partial charge is 0.248 e. The predicted molar refractivity (Wildman–Crippen MR) is 78.1 cm³/mol. The second kappa shape index (κ2) is 3.84. The van der Waals surface area contributed by atoms with Crippen molar-refractivity contribution >= 4 is 27.7 Å². The van der Waals surface area contributed by atoms with Crippen molar-refractivity contribution in [2.75, 3.05) is 5.73 Å². The molecule has 0 amide bonds. The lowest BCUT2D eigenvalue weighted by Crippen LogP contribution is -1.89. The molecular weight excluding hydrogens is 252 g/mol. The van der Waals surface area contributed by atoms with Gasteiger partial charge in [0.25, 0.3) is 0 Å². The highest BCUT2D eigenvalue weighted by Crippen LogP contribution is 2.31. The van der Waals surface area contributed by atoms with Crippen LogP contribution in [0.15, 0.2) is 46.9 Å². The lowest BCUT2D eigenvalue weighted by Gasteiger charge is -1.90. The summed E-state index contributed by atoms with van der Waals surface area (Å²) in [5.41, 5.74) is 9.65. The monoisotopic (exact) mass is 264 g/mol. The van der Waals surface area contributed by atoms with Crippen molar-refractivity contribution in [1.29, 1.82) is 0 Å². The fourth-order valence-corrected chi connectivity index (χ4v) is 2.44. The Morgan fingerprint density at radius 3 is 2.80 bits per heavy atom. The number of aryl methyl sites for hydroxylation is 1. The maximum atomic E-state index is 5.92. The Morgan fingerprint density at radius 1 is 1.10 bits per heavy atom. The van der Waals surface area contributed by atoms with E-state index in [0.29, 0.717) is 22.7 Å². The summed E-state index contributed by atoms with van der Waals surface area (Å²) in [4.78, 5) is 4.48. The molecule has 0 saturated heterocycles. The Morgan fingerprint density at radius 2 is 1.95 bits per heavy atom. The summed E-state index contributed by atoms with van der Waals surface area (Å²) >= 11 is 0. The van der Waals surface area contributed by atoms with Crippen LogP contribution >= 0.6 is 0 Å². The zero-order chi connectivity index (χ0) is 13.7. The maximum Gasteiger partial charge on any atom is 0.248 e. The molecule has 20 heavy (non-hydrogen) atoms. The third kappa shape index (κ3) is 1.43. The first-order valence-electron chi connectivity index (χ1n) is 6.31. The van der Waals surface area contributed by atoms with Crippen LogP contribution < -0.4 is 5.73 Å². The van der Waals surface area contributed by atoms with Gasteiger partial charge in [-0.3, -0.25) is 4.68 Å². The maximum absolute atomic E-state index is 5.92. The number of fused-ring (bicyclic) bond motifs is 2. The van der Waals surface area contributed by atoms with E-state index in [0.717, 1.165) is 16.6 Å². The highest BCUT2D eigenvalue weighted by molar-refractivity contribution is 5.94. The Kier molecular flexibility index (Phi) is 2.12. The molecule has 2 heterocycles. The summed E-state index contributed by atoms with van der Waals surface area (Å²) in [5, 5.41) is 5.52. The van der Waals surface area contributed by atoms with E-state index >= 15 is 0 Å². The summed E-state index contributed by atoms with van der Waals surface area (Å²) in [7, 11) is 1.91. The number of nitrogens with two attached hydrogens (primary N) is 1. The molecule has 0 aliphatic rings. The molecule has 0 fully saturated rings. The quantitative estimate of drug-likeness (QED) is 0.536. The van der Waals surface area contributed by atoms with E-state index in [1.807, 2.05) is 54.2 Å². The molecule has 0 saturated carbocycles. The van der Waals surface area contributed by atoms with Crippen LogP contribution in [0, 0.1) is 0 Å². The molecule has 2 aromatic heterocycles. The largest absolute Gasteiger partial charge is 0.435 e. The van der Waals surface area contributed by atoms with Gasteiger partial charge in [-0.15, -0.1) is 0 Å². The number of anilines is 1. The predicted octanol–water partition coefficient (Wildman–Crippen LogP) is 2.96. The molecule has 5 nitrogen and oxygen atoms in total. The van der Waals surface area contributed by atoms with Gasteiger partial charge in [-0.25, -0.2) is 4.98 Å². The highest BCUT2D eigenvalue weighted by Gasteiger charge is 2.16. The molecule has 4 rings (SSSR count). The molecular formula is C15H12N4O. The zero-order valence-corrected chi connectivity index (χ0v) is 10.9. The first-order valence-corrected chi connectivity index (χ1v) is 6.31. The molecule has 5 heteroatoms. The van der Waals surface area contributed by atoms with Crippen LogP contribution in [0.2, 0.25) is 0 Å². The van der Waals surface area contributed by atoms with Gasteiger partial charge in [0, 0.05) is 12.4 Å². The van der Waals surface area contributed by atoms with E-state index in [1.54, 1.807) is 0 Å². The van der Waals surface area contributed by atoms with E-state index in [-0.39, 0.29) is 0 Å². The van der Waals surface area contributed by atoms with Gasteiger partial charge in [0.05, 0.1) is 11.2 Å². The SMILES string of the molecule is Cn1nc(-c2nc3c(N)cccc3o2)c2ccccc21. The molecule has 0 spiro atoms. The molecule has 0 unspecified atom stereocenters. The first-order chi connectivity index (χ1) is 9.74. The summed E-state index contributed by atoms with van der Waals surface area (Å²) < 4.78 is 7.61. The Balaban J connectivity index is 2.04. The molecule has 4 aromatic rings. The zero-order valence-electron chi connectivity index (χ0n) is 10.9. The fraction of sp³-hybridized carbons (Fsp3) is 0.0667. The molecule has 0 radical (unpaired) electrons. The molecule has 0 bridgehead atoms. The van der Waals surface area contributed by atoms with E-state index in [1.165, 1.54) is 0 Å². The van der Waals surface area contributed by atoms with Gasteiger partial charge >= 0.3 is 0 Å². The van der Waals surface area contributed by atoms with Crippen LogP contribution in [0.3, 0.4) is 0 Å². The number of oxazole rings is 1. The third-order valence-corrected chi connectivity index (χ3v) is 3.41. The summed E-state index contributed by atoms with van der Waals surface area (Å²) in [5.74, 6) is 0.495. The Hall–Kier alpha value is -2.82. The number of nitrogen functional groups attached to an aromatic ring is 1. The van der Waals surface area contributed by atoms with Crippen LogP contribution in [0.25, 0.3) is 33.6 Å². The third-order valence-electron chi connectivity index (χ3n) is 3.41. The molecule has 0 atom stereocenters. The number of rotatable bonds is 1. The number of para-hydroxylation sites is 2. The molecule has 0 aliphatic heterocycles. The normalized spacial score (nSPS) is 11.4. The number of hydrogen-bond acceptors (Lipinski definition) is 4. The van der Waals surface area contributed by atoms with Gasteiger partial charge in [0.2, 0.25) is 5.89 Å². The molecule has 98 valence electrons. The summed E-state index contributed by atoms with van der Waals surface area (Å²) in [6, 6.07) is 13.5. The minimum Gasteiger partial charge on any atom is -0.435 e. The van der Waals surface area contributed by atoms with Crippen molar-refractivity contribution in [1.82, 2.24) is 14.8 Å². The van der Waals surface area contributed by atoms with E-state index in [2.05, 4.69) is 10.1 Å². The van der Waals surface area contributed by atoms with Crippen LogP contribution in [0.4, 0.5) is 5.69 Å². The topological polar surface area (TPSA) is 69.9 Å². The van der Waals surface area contributed by atoms with E-state index < -0.39 is 0 Å². The first kappa shape index (κ1) is 11.0. The lowest BCUT2D eigenvalue weighted by molar-refractivity contribution is 0.614. The summed E-state index contributed by atoms with van der Waals surface area (Å²) in [6.45, 7) is 0. The van der Waals surface area contributed by atoms with Crippen LogP contribution in [-0.2, 0) is 7.05 Å². The fourth-order valence-electron chi connectivity index (χ4n) is 2.44. The molecule has 0 aliphatic carbocycles. The van der Waals surface area contributed by atoms with E-state index in [4.69, 9.17) is 10.2 Å². The van der Waals surface area contributed by atoms with Gasteiger partial charge in [0.15, 0.2) is 11.3 Å². The van der Waals surface area contributed by atoms with Crippen LogP contribution in [-0.4, -0.2) is 14.8 Å². The highest BCUT2D eigenvalue weighted by atomic mass is 16.3. The lowest BCUT2D eigenvalue weighted by atomic mass is 10.2. The Labute approximate surface area is 114 Å². The number of nitrogens with zero attached hydrogens (tertiary/aromatic N) is 3.